The molecular weight excluding hydrogens is 228 g/mol. The number of fused-ring (bicyclic) bond motifs is 1. The molecule has 1 aromatic rings. The van der Waals surface area contributed by atoms with Gasteiger partial charge in [-0.05, 0) is 18.9 Å². The van der Waals surface area contributed by atoms with E-state index in [2.05, 4.69) is 24.0 Å². The lowest BCUT2D eigenvalue weighted by Gasteiger charge is -2.13. The third kappa shape index (κ3) is 1.68. The first-order valence-electron chi connectivity index (χ1n) is 6.31. The molecule has 2 heterocycles. The molecule has 0 spiro atoms. The molecule has 2 aliphatic heterocycles. The molecule has 94 valence electrons. The van der Waals surface area contributed by atoms with E-state index in [9.17, 15) is 4.79 Å². The van der Waals surface area contributed by atoms with Gasteiger partial charge in [0.1, 0.15) is 11.9 Å². The van der Waals surface area contributed by atoms with Gasteiger partial charge in [-0.2, -0.15) is 0 Å². The monoisotopic (exact) mass is 244 g/mol. The Morgan fingerprint density at radius 3 is 3.06 bits per heavy atom. The first-order chi connectivity index (χ1) is 8.69. The molecule has 0 radical (unpaired) electrons. The minimum atomic E-state index is -0.269. The van der Waals surface area contributed by atoms with Gasteiger partial charge in [-0.3, -0.25) is 9.89 Å². The summed E-state index contributed by atoms with van der Waals surface area (Å²) in [4.78, 5) is 18.0. The number of nitrogens with zero attached hydrogens (tertiary/aromatic N) is 2. The Balaban J connectivity index is 1.90. The third-order valence-corrected chi connectivity index (χ3v) is 3.49. The van der Waals surface area contributed by atoms with Gasteiger partial charge in [0, 0.05) is 5.56 Å². The highest BCUT2D eigenvalue weighted by Crippen LogP contribution is 2.25. The van der Waals surface area contributed by atoms with Crippen molar-refractivity contribution in [1.82, 2.24) is 4.90 Å². The van der Waals surface area contributed by atoms with E-state index in [-0.39, 0.29) is 12.2 Å². The molecule has 4 nitrogen and oxygen atoms in total. The fourth-order valence-electron chi connectivity index (χ4n) is 2.45. The normalized spacial score (nSPS) is 21.9. The second-order valence-corrected chi connectivity index (χ2v) is 4.83. The van der Waals surface area contributed by atoms with Crippen molar-refractivity contribution in [3.8, 4) is 0 Å². The largest absolute Gasteiger partial charge is 0.444 e. The quantitative estimate of drug-likeness (QED) is 0.761. The van der Waals surface area contributed by atoms with Gasteiger partial charge >= 0.3 is 6.09 Å². The lowest BCUT2D eigenvalue weighted by molar-refractivity contribution is 0.135. The van der Waals surface area contributed by atoms with Crippen molar-refractivity contribution in [2.24, 2.45) is 4.99 Å². The van der Waals surface area contributed by atoms with Crippen molar-refractivity contribution in [2.75, 3.05) is 6.54 Å². The molecule has 0 N–H and O–H groups in total. The molecule has 3 rings (SSSR count). The zero-order chi connectivity index (χ0) is 12.7. The first kappa shape index (κ1) is 11.3. The Labute approximate surface area is 106 Å². The van der Waals surface area contributed by atoms with Crippen molar-refractivity contribution in [2.45, 2.75) is 32.9 Å². The number of ether oxygens (including phenoxy) is 1. The van der Waals surface area contributed by atoms with Crippen LogP contribution in [0.2, 0.25) is 0 Å². The van der Waals surface area contributed by atoms with E-state index >= 15 is 0 Å². The third-order valence-electron chi connectivity index (χ3n) is 3.49. The van der Waals surface area contributed by atoms with Crippen molar-refractivity contribution in [3.63, 3.8) is 0 Å². The molecule has 0 aliphatic carbocycles. The maximum atomic E-state index is 11.8. The number of benzene rings is 1. The number of carbonyl (C=O) groups excluding carboxylic acids is 1. The highest BCUT2D eigenvalue weighted by molar-refractivity contribution is 6.09. The Hall–Kier alpha value is -1.84. The molecule has 1 saturated heterocycles. The van der Waals surface area contributed by atoms with E-state index < -0.39 is 0 Å². The predicted molar refractivity (Wildman–Crippen MR) is 68.7 cm³/mol. The van der Waals surface area contributed by atoms with Gasteiger partial charge < -0.3 is 4.74 Å². The SMILES string of the molecule is CCC1CN(C2=NCc3cc(C)ccc32)C(=O)O1. The van der Waals surface area contributed by atoms with Gasteiger partial charge in [0.25, 0.3) is 0 Å². The van der Waals surface area contributed by atoms with E-state index in [1.807, 2.05) is 13.0 Å². The predicted octanol–water partition coefficient (Wildman–Crippen LogP) is 2.49. The number of amidine groups is 1. The number of carbonyl (C=O) groups is 1. The van der Waals surface area contributed by atoms with E-state index in [0.717, 1.165) is 17.8 Å². The van der Waals surface area contributed by atoms with Crippen LogP contribution in [0.25, 0.3) is 0 Å². The molecule has 4 heteroatoms. The molecule has 1 unspecified atom stereocenters. The fourth-order valence-corrected chi connectivity index (χ4v) is 2.45. The average molecular weight is 244 g/mol. The summed E-state index contributed by atoms with van der Waals surface area (Å²) in [6.07, 6.45) is 0.569. The minimum absolute atomic E-state index is 0.00491. The zero-order valence-corrected chi connectivity index (χ0v) is 10.6. The molecule has 1 amide bonds. The maximum absolute atomic E-state index is 11.8. The zero-order valence-electron chi connectivity index (χ0n) is 10.6. The van der Waals surface area contributed by atoms with Crippen LogP contribution in [0.4, 0.5) is 4.79 Å². The molecule has 0 saturated carbocycles. The van der Waals surface area contributed by atoms with Crippen LogP contribution in [0, 0.1) is 6.92 Å². The second kappa shape index (κ2) is 4.12. The van der Waals surface area contributed by atoms with E-state index in [1.54, 1.807) is 4.90 Å². The molecular formula is C14H16N2O2. The molecule has 1 aromatic carbocycles. The standard InChI is InChI=1S/C14H16N2O2/c1-3-11-8-16(14(17)18-11)13-12-5-4-9(2)6-10(12)7-15-13/h4-6,11H,3,7-8H2,1-2H3. The number of aryl methyl sites for hydroxylation is 1. The summed E-state index contributed by atoms with van der Waals surface area (Å²) in [5, 5.41) is 0. The molecule has 0 bridgehead atoms. The van der Waals surface area contributed by atoms with Gasteiger partial charge in [0.15, 0.2) is 0 Å². The lowest BCUT2D eigenvalue weighted by Crippen LogP contribution is -2.32. The molecule has 1 atom stereocenters. The topological polar surface area (TPSA) is 41.9 Å². The van der Waals surface area contributed by atoms with Crippen LogP contribution >= 0.6 is 0 Å². The minimum Gasteiger partial charge on any atom is -0.444 e. The number of hydrogen-bond acceptors (Lipinski definition) is 3. The Morgan fingerprint density at radius 1 is 1.50 bits per heavy atom. The van der Waals surface area contributed by atoms with Gasteiger partial charge in [0.2, 0.25) is 0 Å². The number of cyclic esters (lactones) is 1. The summed E-state index contributed by atoms with van der Waals surface area (Å²) in [5.74, 6) is 0.769. The average Bonchev–Trinajstić information content (AvgIpc) is 2.91. The first-order valence-corrected chi connectivity index (χ1v) is 6.31. The Bertz CT molecular complexity index is 537. The molecule has 1 fully saturated rings. The highest BCUT2D eigenvalue weighted by Gasteiger charge is 2.35. The Morgan fingerprint density at radius 2 is 2.33 bits per heavy atom. The van der Waals surface area contributed by atoms with Crippen LogP contribution in [0.5, 0.6) is 0 Å². The Kier molecular flexibility index (Phi) is 2.58. The summed E-state index contributed by atoms with van der Waals surface area (Å²) >= 11 is 0. The number of aliphatic imine (C=N–C) groups is 1. The van der Waals surface area contributed by atoms with E-state index in [1.165, 1.54) is 11.1 Å². The fraction of sp³-hybridized carbons (Fsp3) is 0.429. The van der Waals surface area contributed by atoms with Crippen LogP contribution in [-0.2, 0) is 11.3 Å². The van der Waals surface area contributed by atoms with E-state index in [4.69, 9.17) is 4.74 Å². The van der Waals surface area contributed by atoms with Crippen LogP contribution in [0.15, 0.2) is 23.2 Å². The van der Waals surface area contributed by atoms with Crippen molar-refractivity contribution in [3.05, 3.63) is 34.9 Å². The van der Waals surface area contributed by atoms with Crippen LogP contribution in [0.3, 0.4) is 0 Å². The van der Waals surface area contributed by atoms with Crippen molar-refractivity contribution in [1.29, 1.82) is 0 Å². The molecule has 0 aromatic heterocycles. The lowest BCUT2D eigenvalue weighted by atomic mass is 10.1. The number of amides is 1. The second-order valence-electron chi connectivity index (χ2n) is 4.83. The van der Waals surface area contributed by atoms with Gasteiger partial charge in [-0.1, -0.05) is 30.7 Å². The molecule has 2 aliphatic rings. The van der Waals surface area contributed by atoms with E-state index in [0.29, 0.717) is 13.1 Å². The van der Waals surface area contributed by atoms with Crippen molar-refractivity contribution >= 4 is 11.9 Å². The summed E-state index contributed by atoms with van der Waals surface area (Å²) < 4.78 is 5.28. The number of hydrogen-bond donors (Lipinski definition) is 0. The van der Waals surface area contributed by atoms with Crippen LogP contribution < -0.4 is 0 Å². The summed E-state index contributed by atoms with van der Waals surface area (Å²) in [6, 6.07) is 6.23. The molecule has 18 heavy (non-hydrogen) atoms. The maximum Gasteiger partial charge on any atom is 0.415 e. The highest BCUT2D eigenvalue weighted by atomic mass is 16.6. The van der Waals surface area contributed by atoms with Crippen LogP contribution in [0.1, 0.15) is 30.0 Å². The van der Waals surface area contributed by atoms with Gasteiger partial charge in [-0.25, -0.2) is 4.79 Å². The smallest absolute Gasteiger partial charge is 0.415 e. The number of rotatable bonds is 1. The summed E-state index contributed by atoms with van der Waals surface area (Å²) in [7, 11) is 0. The summed E-state index contributed by atoms with van der Waals surface area (Å²) in [5.41, 5.74) is 3.48. The van der Waals surface area contributed by atoms with Crippen molar-refractivity contribution < 1.29 is 9.53 Å². The van der Waals surface area contributed by atoms with Gasteiger partial charge in [0.05, 0.1) is 13.1 Å². The van der Waals surface area contributed by atoms with Gasteiger partial charge in [-0.15, -0.1) is 0 Å². The van der Waals surface area contributed by atoms with Crippen LogP contribution in [-0.4, -0.2) is 29.5 Å². The summed E-state index contributed by atoms with van der Waals surface area (Å²) in [6.45, 7) is 5.36.